The van der Waals surface area contributed by atoms with Crippen LogP contribution in [0.3, 0.4) is 0 Å². The summed E-state index contributed by atoms with van der Waals surface area (Å²) >= 11 is 0. The maximum atomic E-state index is 10.8. The maximum Gasteiger partial charge on any atom is 0.131 e. The number of rotatable bonds is 1. The Balaban J connectivity index is 3.15. The molecule has 1 aromatic carbocycles. The first-order valence-corrected chi connectivity index (χ1v) is 4.39. The fourth-order valence-corrected chi connectivity index (χ4v) is 1.33. The summed E-state index contributed by atoms with van der Waals surface area (Å²) in [5.41, 5.74) is 0. The number of hydrogen-bond donors (Lipinski definition) is 1. The summed E-state index contributed by atoms with van der Waals surface area (Å²) in [6.45, 7) is 0. The zero-order chi connectivity index (χ0) is 7.56. The molecule has 0 heterocycles. The van der Waals surface area contributed by atoms with Gasteiger partial charge in [-0.15, -0.1) is 0 Å². The number of benzene rings is 1. The molecule has 1 aromatic rings. The van der Waals surface area contributed by atoms with Crippen LogP contribution in [0.5, 0.6) is 5.75 Å². The van der Waals surface area contributed by atoms with E-state index in [-0.39, 0.29) is 5.75 Å². The summed E-state index contributed by atoms with van der Waals surface area (Å²) in [5, 5.41) is 9.09. The maximum absolute atomic E-state index is 10.8. The lowest BCUT2D eigenvalue weighted by Gasteiger charge is -1.97. The van der Waals surface area contributed by atoms with Crippen molar-refractivity contribution in [1.29, 1.82) is 0 Å². The van der Waals surface area contributed by atoms with Crippen LogP contribution in [0.25, 0.3) is 0 Å². The molecule has 0 aromatic heterocycles. The van der Waals surface area contributed by atoms with Gasteiger partial charge in [0.05, 0.1) is 15.7 Å². The van der Waals surface area contributed by atoms with Crippen LogP contribution in [0.4, 0.5) is 0 Å². The lowest BCUT2D eigenvalue weighted by molar-refractivity contribution is 0.461. The quantitative estimate of drug-likeness (QED) is 0.661. The largest absolute Gasteiger partial charge is 0.507 e. The van der Waals surface area contributed by atoms with Crippen LogP contribution < -0.4 is 0 Å². The number of aromatic hydroxyl groups is 1. The Morgan fingerprint density at radius 2 is 2.00 bits per heavy atom. The number of phenols is 1. The molecule has 0 bridgehead atoms. The molecule has 0 saturated carbocycles. The summed E-state index contributed by atoms with van der Waals surface area (Å²) < 4.78 is 10.8. The first kappa shape index (κ1) is 7.28. The van der Waals surface area contributed by atoms with E-state index in [1.807, 2.05) is 0 Å². The molecule has 0 radical (unpaired) electrons. The van der Waals surface area contributed by atoms with E-state index in [1.165, 1.54) is 12.3 Å². The average Bonchev–Trinajstić information content (AvgIpc) is 1.88. The van der Waals surface area contributed by atoms with Crippen LogP contribution >= 0.6 is 0 Å². The van der Waals surface area contributed by atoms with E-state index < -0.39 is 10.8 Å². The highest BCUT2D eigenvalue weighted by atomic mass is 32.2. The second-order valence-corrected chi connectivity index (χ2v) is 3.27. The minimum atomic E-state index is -1.09. The van der Waals surface area contributed by atoms with E-state index in [9.17, 15) is 4.21 Å². The Labute approximate surface area is 62.0 Å². The van der Waals surface area contributed by atoms with E-state index >= 15 is 0 Å². The first-order chi connectivity index (χ1) is 4.72. The summed E-state index contributed by atoms with van der Waals surface area (Å²) in [6, 6.07) is 6.62. The summed E-state index contributed by atoms with van der Waals surface area (Å²) in [6.07, 6.45) is 1.54. The fraction of sp³-hybridized carbons (Fsp3) is 0.143. The average molecular weight is 156 g/mol. The molecular formula is C7H8O2S. The second-order valence-electron chi connectivity index (χ2n) is 1.92. The third-order valence-electron chi connectivity index (χ3n) is 1.17. The van der Waals surface area contributed by atoms with Crippen molar-refractivity contribution in [2.75, 3.05) is 6.26 Å². The molecule has 0 aliphatic heterocycles. The van der Waals surface area contributed by atoms with Crippen molar-refractivity contribution in [3.8, 4) is 5.75 Å². The molecule has 1 N–H and O–H groups in total. The number of para-hydroxylation sites is 1. The van der Waals surface area contributed by atoms with Crippen LogP contribution in [0.2, 0.25) is 0 Å². The standard InChI is InChI=1S/C7H8O2S/c1-10(9)7-5-3-2-4-6(7)8/h2-5,8H,1H3/t10-/m0/s1. The van der Waals surface area contributed by atoms with Crippen molar-refractivity contribution >= 4 is 10.8 Å². The zero-order valence-electron chi connectivity index (χ0n) is 5.57. The van der Waals surface area contributed by atoms with Gasteiger partial charge in [0.15, 0.2) is 0 Å². The van der Waals surface area contributed by atoms with Gasteiger partial charge >= 0.3 is 0 Å². The predicted molar refractivity (Wildman–Crippen MR) is 40.4 cm³/mol. The van der Waals surface area contributed by atoms with Gasteiger partial charge in [-0.1, -0.05) is 12.1 Å². The summed E-state index contributed by atoms with van der Waals surface area (Å²) in [7, 11) is -1.09. The molecule has 0 aliphatic rings. The molecule has 1 atom stereocenters. The van der Waals surface area contributed by atoms with Crippen molar-refractivity contribution in [3.63, 3.8) is 0 Å². The zero-order valence-corrected chi connectivity index (χ0v) is 6.39. The first-order valence-electron chi connectivity index (χ1n) is 2.83. The lowest BCUT2D eigenvalue weighted by atomic mass is 10.3. The van der Waals surface area contributed by atoms with Gasteiger partial charge in [-0.2, -0.15) is 0 Å². The molecule has 0 unspecified atom stereocenters. The van der Waals surface area contributed by atoms with Gasteiger partial charge in [0.25, 0.3) is 0 Å². The number of hydrogen-bond acceptors (Lipinski definition) is 2. The molecule has 10 heavy (non-hydrogen) atoms. The highest BCUT2D eigenvalue weighted by Crippen LogP contribution is 2.17. The van der Waals surface area contributed by atoms with E-state index in [0.29, 0.717) is 4.90 Å². The van der Waals surface area contributed by atoms with Crippen LogP contribution in [0, 0.1) is 0 Å². The highest BCUT2D eigenvalue weighted by Gasteiger charge is 2.00. The second kappa shape index (κ2) is 2.84. The molecule has 0 amide bonds. The normalized spacial score (nSPS) is 12.9. The van der Waals surface area contributed by atoms with Crippen LogP contribution in [-0.2, 0) is 10.8 Å². The molecule has 0 aliphatic carbocycles. The van der Waals surface area contributed by atoms with Crippen molar-refractivity contribution in [3.05, 3.63) is 24.3 Å². The van der Waals surface area contributed by atoms with Crippen LogP contribution in [0.15, 0.2) is 29.2 Å². The molecule has 54 valence electrons. The van der Waals surface area contributed by atoms with Crippen molar-refractivity contribution in [1.82, 2.24) is 0 Å². The van der Waals surface area contributed by atoms with E-state index in [0.717, 1.165) is 0 Å². The van der Waals surface area contributed by atoms with E-state index in [2.05, 4.69) is 0 Å². The van der Waals surface area contributed by atoms with Crippen molar-refractivity contribution in [2.45, 2.75) is 4.90 Å². The van der Waals surface area contributed by atoms with Crippen molar-refractivity contribution < 1.29 is 9.32 Å². The van der Waals surface area contributed by atoms with Gasteiger partial charge in [0.1, 0.15) is 5.75 Å². The predicted octanol–water partition coefficient (Wildman–Crippen LogP) is 1.13. The van der Waals surface area contributed by atoms with Gasteiger partial charge in [-0.3, -0.25) is 4.21 Å². The molecule has 0 fully saturated rings. The smallest absolute Gasteiger partial charge is 0.131 e. The Morgan fingerprint density at radius 1 is 1.40 bits per heavy atom. The monoisotopic (exact) mass is 156 g/mol. The van der Waals surface area contributed by atoms with Gasteiger partial charge in [0.2, 0.25) is 0 Å². The Morgan fingerprint density at radius 3 is 2.40 bits per heavy atom. The SMILES string of the molecule is C[S@](=O)c1ccccc1O. The Bertz CT molecular complexity index is 258. The summed E-state index contributed by atoms with van der Waals surface area (Å²) in [5.74, 6) is 0.100. The molecule has 0 spiro atoms. The van der Waals surface area contributed by atoms with E-state index in [1.54, 1.807) is 18.2 Å². The van der Waals surface area contributed by atoms with Crippen LogP contribution in [-0.4, -0.2) is 15.6 Å². The summed E-state index contributed by atoms with van der Waals surface area (Å²) in [4.78, 5) is 0.488. The number of phenolic OH excluding ortho intramolecular Hbond substituents is 1. The van der Waals surface area contributed by atoms with Gasteiger partial charge < -0.3 is 5.11 Å². The molecule has 3 heteroatoms. The van der Waals surface area contributed by atoms with Crippen LogP contribution in [0.1, 0.15) is 0 Å². The third-order valence-corrected chi connectivity index (χ3v) is 2.14. The Hall–Kier alpha value is -0.830. The van der Waals surface area contributed by atoms with Gasteiger partial charge in [-0.05, 0) is 12.1 Å². The Kier molecular flexibility index (Phi) is 2.06. The molecular weight excluding hydrogens is 148 g/mol. The van der Waals surface area contributed by atoms with E-state index in [4.69, 9.17) is 5.11 Å². The topological polar surface area (TPSA) is 37.3 Å². The fourth-order valence-electron chi connectivity index (χ4n) is 0.700. The highest BCUT2D eigenvalue weighted by molar-refractivity contribution is 7.84. The molecule has 0 saturated heterocycles. The van der Waals surface area contributed by atoms with Gasteiger partial charge in [-0.25, -0.2) is 0 Å². The lowest BCUT2D eigenvalue weighted by Crippen LogP contribution is -1.86. The van der Waals surface area contributed by atoms with Crippen molar-refractivity contribution in [2.24, 2.45) is 0 Å². The van der Waals surface area contributed by atoms with Gasteiger partial charge in [0, 0.05) is 6.26 Å². The minimum absolute atomic E-state index is 0.100. The minimum Gasteiger partial charge on any atom is -0.507 e. The third kappa shape index (κ3) is 1.36. The molecule has 2 nitrogen and oxygen atoms in total. The molecule has 1 rings (SSSR count).